The van der Waals surface area contributed by atoms with Crippen molar-refractivity contribution in [1.29, 1.82) is 0 Å². The van der Waals surface area contributed by atoms with Crippen LogP contribution in [-0.4, -0.2) is 23.8 Å². The quantitative estimate of drug-likeness (QED) is 0.262. The summed E-state index contributed by atoms with van der Waals surface area (Å²) in [5.74, 6) is 0.657. The Labute approximate surface area is 176 Å². The van der Waals surface area contributed by atoms with Crippen LogP contribution in [0.2, 0.25) is 0 Å². The van der Waals surface area contributed by atoms with Crippen LogP contribution in [0.4, 0.5) is 4.79 Å². The maximum atomic E-state index is 12.4. The molecule has 5 heteroatoms. The van der Waals surface area contributed by atoms with Crippen LogP contribution in [0, 0.1) is 5.92 Å². The molecule has 30 heavy (non-hydrogen) atoms. The fourth-order valence-electron chi connectivity index (χ4n) is 3.58. The van der Waals surface area contributed by atoms with E-state index in [0.717, 1.165) is 12.8 Å². The lowest BCUT2D eigenvalue weighted by Crippen LogP contribution is -2.27. The van der Waals surface area contributed by atoms with Gasteiger partial charge < -0.3 is 9.47 Å². The second-order valence-corrected chi connectivity index (χ2v) is 7.74. The molecule has 5 nitrogen and oxygen atoms in total. The summed E-state index contributed by atoms with van der Waals surface area (Å²) in [4.78, 5) is 36.3. The summed E-state index contributed by atoms with van der Waals surface area (Å²) < 4.78 is 10.7. The molecule has 1 aliphatic rings. The van der Waals surface area contributed by atoms with E-state index >= 15 is 0 Å². The largest absolute Gasteiger partial charge is 0.514 e. The molecule has 0 bridgehead atoms. The van der Waals surface area contributed by atoms with Gasteiger partial charge in [-0.05, 0) is 68.4 Å². The zero-order valence-electron chi connectivity index (χ0n) is 17.1. The molecule has 0 spiro atoms. The van der Waals surface area contributed by atoms with Crippen molar-refractivity contribution in [2.24, 2.45) is 5.92 Å². The van der Waals surface area contributed by atoms with Gasteiger partial charge in [0.05, 0.1) is 0 Å². The second-order valence-electron chi connectivity index (χ2n) is 7.74. The van der Waals surface area contributed by atoms with Crippen molar-refractivity contribution in [3.8, 4) is 5.75 Å². The van der Waals surface area contributed by atoms with Gasteiger partial charge in [-0.2, -0.15) is 0 Å². The third-order valence-corrected chi connectivity index (χ3v) is 5.36. The molecule has 1 saturated carbocycles. The van der Waals surface area contributed by atoms with E-state index in [1.807, 2.05) is 18.2 Å². The highest BCUT2D eigenvalue weighted by molar-refractivity contribution is 6.09. The van der Waals surface area contributed by atoms with Crippen LogP contribution in [0.25, 0.3) is 0 Å². The van der Waals surface area contributed by atoms with Gasteiger partial charge in [0.2, 0.25) is 0 Å². The van der Waals surface area contributed by atoms with Gasteiger partial charge >= 0.3 is 6.16 Å². The number of hydrogen-bond donors (Lipinski definition) is 0. The molecule has 0 heterocycles. The number of rotatable bonds is 7. The number of ketones is 2. The smallest absolute Gasteiger partial charge is 0.431 e. The third-order valence-electron chi connectivity index (χ3n) is 5.36. The molecule has 0 aromatic heterocycles. The summed E-state index contributed by atoms with van der Waals surface area (Å²) in [5, 5.41) is 0. The van der Waals surface area contributed by atoms with Gasteiger partial charge in [0.15, 0.2) is 11.6 Å². The SMILES string of the molecule is C=C(C)C(=O)CC1CCC(OC(=O)Oc2ccc(C(=O)c3ccccc3)cc2)CC1. The Hall–Kier alpha value is -3.21. The highest BCUT2D eigenvalue weighted by atomic mass is 16.7. The lowest BCUT2D eigenvalue weighted by Gasteiger charge is -2.27. The van der Waals surface area contributed by atoms with Crippen molar-refractivity contribution in [1.82, 2.24) is 0 Å². The summed E-state index contributed by atoms with van der Waals surface area (Å²) in [6.07, 6.45) is 2.67. The fourth-order valence-corrected chi connectivity index (χ4v) is 3.58. The number of hydrogen-bond acceptors (Lipinski definition) is 5. The predicted octanol–water partition coefficient (Wildman–Crippen LogP) is 5.53. The molecule has 0 unspecified atom stereocenters. The first-order valence-corrected chi connectivity index (χ1v) is 10.2. The molecule has 156 valence electrons. The van der Waals surface area contributed by atoms with E-state index in [9.17, 15) is 14.4 Å². The van der Waals surface area contributed by atoms with Crippen LogP contribution in [0.3, 0.4) is 0 Å². The molecule has 2 aromatic rings. The van der Waals surface area contributed by atoms with Gasteiger partial charge in [-0.15, -0.1) is 0 Å². The summed E-state index contributed by atoms with van der Waals surface area (Å²) in [6, 6.07) is 15.4. The molecule has 3 rings (SSSR count). The number of allylic oxidation sites excluding steroid dienone is 1. The van der Waals surface area contributed by atoms with Crippen molar-refractivity contribution in [2.45, 2.75) is 45.1 Å². The second kappa shape index (κ2) is 10.0. The Bertz CT molecular complexity index is 906. The first-order chi connectivity index (χ1) is 14.4. The van der Waals surface area contributed by atoms with Crippen molar-refractivity contribution in [3.05, 3.63) is 77.9 Å². The Balaban J connectivity index is 1.46. The van der Waals surface area contributed by atoms with Crippen LogP contribution in [-0.2, 0) is 9.53 Å². The normalized spacial score (nSPS) is 18.3. The molecule has 2 aromatic carbocycles. The zero-order valence-corrected chi connectivity index (χ0v) is 17.1. The highest BCUT2D eigenvalue weighted by Crippen LogP contribution is 2.29. The number of carbonyl (C=O) groups excluding carboxylic acids is 3. The summed E-state index contributed by atoms with van der Waals surface area (Å²) >= 11 is 0. The van der Waals surface area contributed by atoms with Gasteiger partial charge in [-0.1, -0.05) is 36.9 Å². The van der Waals surface area contributed by atoms with Crippen molar-refractivity contribution >= 4 is 17.7 Å². The van der Waals surface area contributed by atoms with Crippen molar-refractivity contribution in [2.75, 3.05) is 0 Å². The number of ether oxygens (including phenoxy) is 2. The van der Waals surface area contributed by atoms with Crippen LogP contribution < -0.4 is 4.74 Å². The molecule has 1 fully saturated rings. The van der Waals surface area contributed by atoms with Crippen LogP contribution >= 0.6 is 0 Å². The van der Waals surface area contributed by atoms with Crippen molar-refractivity contribution < 1.29 is 23.9 Å². The molecule has 0 radical (unpaired) electrons. The average Bonchev–Trinajstić information content (AvgIpc) is 2.75. The minimum atomic E-state index is -0.751. The van der Waals surface area contributed by atoms with Crippen LogP contribution in [0.15, 0.2) is 66.7 Å². The molecular weight excluding hydrogens is 380 g/mol. The van der Waals surface area contributed by atoms with E-state index < -0.39 is 6.16 Å². The van der Waals surface area contributed by atoms with E-state index in [1.165, 1.54) is 0 Å². The van der Waals surface area contributed by atoms with E-state index in [0.29, 0.717) is 47.6 Å². The Morgan fingerprint density at radius 1 is 0.900 bits per heavy atom. The molecule has 0 N–H and O–H groups in total. The first-order valence-electron chi connectivity index (χ1n) is 10.2. The van der Waals surface area contributed by atoms with Crippen LogP contribution in [0.1, 0.15) is 54.9 Å². The molecule has 0 atom stereocenters. The van der Waals surface area contributed by atoms with Crippen LogP contribution in [0.5, 0.6) is 5.75 Å². The van der Waals surface area contributed by atoms with E-state index in [1.54, 1.807) is 43.3 Å². The highest BCUT2D eigenvalue weighted by Gasteiger charge is 2.26. The maximum absolute atomic E-state index is 12.4. The fraction of sp³-hybridized carbons (Fsp3) is 0.320. The molecule has 0 saturated heterocycles. The Morgan fingerprint density at radius 3 is 2.10 bits per heavy atom. The predicted molar refractivity (Wildman–Crippen MR) is 114 cm³/mol. The number of Topliss-reactive ketones (excluding diaryl/α,β-unsaturated/α-hetero) is 1. The molecular formula is C25H26O5. The minimum Gasteiger partial charge on any atom is -0.431 e. The van der Waals surface area contributed by atoms with Gasteiger partial charge in [-0.25, -0.2) is 4.79 Å². The standard InChI is InChI=1S/C25H26O5/c1-17(2)23(26)16-18-8-12-21(13-9-18)29-25(28)30-22-14-10-20(11-15-22)24(27)19-6-4-3-5-7-19/h3-7,10-11,14-15,18,21H,1,8-9,12-13,16H2,2H3. The lowest BCUT2D eigenvalue weighted by atomic mass is 9.83. The van der Waals surface area contributed by atoms with E-state index in [4.69, 9.17) is 9.47 Å². The lowest BCUT2D eigenvalue weighted by molar-refractivity contribution is -0.116. The van der Waals surface area contributed by atoms with Gasteiger partial charge in [-0.3, -0.25) is 9.59 Å². The van der Waals surface area contributed by atoms with Gasteiger partial charge in [0.25, 0.3) is 0 Å². The topological polar surface area (TPSA) is 69.7 Å². The molecule has 0 amide bonds. The Kier molecular flexibility index (Phi) is 7.17. The summed E-state index contributed by atoms with van der Waals surface area (Å²) in [6.45, 7) is 5.42. The Morgan fingerprint density at radius 2 is 1.50 bits per heavy atom. The molecule has 1 aliphatic carbocycles. The zero-order chi connectivity index (χ0) is 21.5. The number of carbonyl (C=O) groups is 3. The average molecular weight is 406 g/mol. The van der Waals surface area contributed by atoms with E-state index in [2.05, 4.69) is 6.58 Å². The number of benzene rings is 2. The third kappa shape index (κ3) is 5.89. The van der Waals surface area contributed by atoms with E-state index in [-0.39, 0.29) is 17.7 Å². The molecule has 0 aliphatic heterocycles. The summed E-state index contributed by atoms with van der Waals surface area (Å²) in [5.41, 5.74) is 1.71. The monoisotopic (exact) mass is 406 g/mol. The van der Waals surface area contributed by atoms with Crippen molar-refractivity contribution in [3.63, 3.8) is 0 Å². The van der Waals surface area contributed by atoms with Gasteiger partial charge in [0, 0.05) is 17.5 Å². The maximum Gasteiger partial charge on any atom is 0.514 e. The van der Waals surface area contributed by atoms with Gasteiger partial charge in [0.1, 0.15) is 11.9 Å². The minimum absolute atomic E-state index is 0.0911. The first kappa shape index (κ1) is 21.5. The summed E-state index contributed by atoms with van der Waals surface area (Å²) in [7, 11) is 0.